The molecule has 0 amide bonds. The maximum absolute atomic E-state index is 11.4. The first-order valence-electron chi connectivity index (χ1n) is 4.67. The zero-order chi connectivity index (χ0) is 13.0. The van der Waals surface area contributed by atoms with Crippen LogP contribution >= 0.6 is 0 Å². The van der Waals surface area contributed by atoms with E-state index in [4.69, 9.17) is 5.11 Å². The van der Waals surface area contributed by atoms with E-state index in [0.717, 1.165) is 13.2 Å². The number of hydrogen-bond donors (Lipinski definition) is 2. The molecule has 7 heteroatoms. The van der Waals surface area contributed by atoms with Gasteiger partial charge in [0.1, 0.15) is 6.10 Å². The zero-order valence-electron chi connectivity index (χ0n) is 8.99. The second kappa shape index (κ2) is 5.37. The van der Waals surface area contributed by atoms with Gasteiger partial charge in [0.25, 0.3) is 5.69 Å². The van der Waals surface area contributed by atoms with E-state index < -0.39 is 29.3 Å². The average Bonchev–Trinajstić information content (AvgIpc) is 2.35. The fourth-order valence-corrected chi connectivity index (χ4v) is 1.44. The maximum Gasteiger partial charge on any atom is 0.338 e. The molecule has 0 saturated carbocycles. The van der Waals surface area contributed by atoms with Crippen LogP contribution < -0.4 is 0 Å². The van der Waals surface area contributed by atoms with Crippen molar-refractivity contribution in [2.45, 2.75) is 6.10 Å². The fourth-order valence-electron chi connectivity index (χ4n) is 1.44. The summed E-state index contributed by atoms with van der Waals surface area (Å²) < 4.78 is 4.45. The summed E-state index contributed by atoms with van der Waals surface area (Å²) in [6, 6.07) is 3.73. The summed E-state index contributed by atoms with van der Waals surface area (Å²) in [5.74, 6) is -0.809. The van der Waals surface area contributed by atoms with E-state index in [-0.39, 0.29) is 11.1 Å². The summed E-state index contributed by atoms with van der Waals surface area (Å²) in [6.45, 7) is -0.727. The molecule has 17 heavy (non-hydrogen) atoms. The summed E-state index contributed by atoms with van der Waals surface area (Å²) in [6.07, 6.45) is -1.51. The molecule has 0 bridgehead atoms. The van der Waals surface area contributed by atoms with Crippen molar-refractivity contribution >= 4 is 11.7 Å². The van der Waals surface area contributed by atoms with E-state index in [2.05, 4.69) is 4.74 Å². The Morgan fingerprint density at radius 3 is 2.71 bits per heavy atom. The number of aliphatic hydroxyl groups is 2. The highest BCUT2D eigenvalue weighted by Gasteiger charge is 2.27. The van der Waals surface area contributed by atoms with Gasteiger partial charge in [0, 0.05) is 6.07 Å². The van der Waals surface area contributed by atoms with E-state index in [1.807, 2.05) is 0 Å². The lowest BCUT2D eigenvalue weighted by Gasteiger charge is -2.12. The minimum absolute atomic E-state index is 0.136. The topological polar surface area (TPSA) is 110 Å². The Labute approximate surface area is 96.4 Å². The van der Waals surface area contributed by atoms with Gasteiger partial charge in [0.15, 0.2) is 0 Å². The first-order valence-corrected chi connectivity index (χ1v) is 4.67. The molecule has 7 nitrogen and oxygen atoms in total. The minimum Gasteiger partial charge on any atom is -0.465 e. The van der Waals surface area contributed by atoms with Crippen molar-refractivity contribution in [2.24, 2.45) is 0 Å². The van der Waals surface area contributed by atoms with Gasteiger partial charge in [0.2, 0.25) is 0 Å². The fraction of sp³-hybridized carbons (Fsp3) is 0.300. The Kier molecular flexibility index (Phi) is 4.13. The van der Waals surface area contributed by atoms with Crippen LogP contribution in [0.15, 0.2) is 18.2 Å². The number of hydrogen-bond acceptors (Lipinski definition) is 6. The molecule has 0 unspecified atom stereocenters. The van der Waals surface area contributed by atoms with Crippen LogP contribution in [0.2, 0.25) is 0 Å². The van der Waals surface area contributed by atoms with Gasteiger partial charge in [-0.3, -0.25) is 10.1 Å². The molecule has 2 N–H and O–H groups in total. The highest BCUT2D eigenvalue weighted by molar-refractivity contribution is 5.92. The van der Waals surface area contributed by atoms with Crippen molar-refractivity contribution in [3.8, 4) is 0 Å². The number of rotatable bonds is 4. The second-order valence-corrected chi connectivity index (χ2v) is 3.19. The van der Waals surface area contributed by atoms with Gasteiger partial charge >= 0.3 is 5.97 Å². The molecule has 1 atom stereocenters. The molecular formula is C10H11NO6. The predicted octanol–water partition coefficient (Wildman–Crippen LogP) is 0.407. The average molecular weight is 241 g/mol. The first kappa shape index (κ1) is 13.1. The lowest BCUT2D eigenvalue weighted by molar-refractivity contribution is -0.386. The van der Waals surface area contributed by atoms with Gasteiger partial charge in [-0.1, -0.05) is 6.07 Å². The van der Waals surface area contributed by atoms with Gasteiger partial charge in [-0.05, 0) is 6.07 Å². The zero-order valence-corrected chi connectivity index (χ0v) is 8.99. The lowest BCUT2D eigenvalue weighted by atomic mass is 10.0. The Morgan fingerprint density at radius 1 is 1.59 bits per heavy atom. The number of nitro benzene ring substituents is 1. The summed E-state index contributed by atoms with van der Waals surface area (Å²) in [7, 11) is 1.12. The number of esters is 1. The van der Waals surface area contributed by atoms with Gasteiger partial charge in [-0.15, -0.1) is 0 Å². The summed E-state index contributed by atoms with van der Waals surface area (Å²) in [4.78, 5) is 21.4. The van der Waals surface area contributed by atoms with E-state index in [1.54, 1.807) is 0 Å². The van der Waals surface area contributed by atoms with Crippen molar-refractivity contribution in [1.29, 1.82) is 0 Å². The quantitative estimate of drug-likeness (QED) is 0.448. The Hall–Kier alpha value is -1.99. The highest BCUT2D eigenvalue weighted by Crippen LogP contribution is 2.28. The van der Waals surface area contributed by atoms with Crippen LogP contribution in [0.25, 0.3) is 0 Å². The number of aliphatic hydroxyl groups excluding tert-OH is 2. The van der Waals surface area contributed by atoms with Crippen LogP contribution in [0.1, 0.15) is 22.0 Å². The van der Waals surface area contributed by atoms with Gasteiger partial charge in [0.05, 0.1) is 29.8 Å². The van der Waals surface area contributed by atoms with E-state index in [1.165, 1.54) is 12.1 Å². The molecule has 0 aliphatic heterocycles. The third-order valence-electron chi connectivity index (χ3n) is 2.19. The summed E-state index contributed by atoms with van der Waals surface area (Å²) >= 11 is 0. The Morgan fingerprint density at radius 2 is 2.24 bits per heavy atom. The number of nitrogens with zero attached hydrogens (tertiary/aromatic N) is 1. The standard InChI is InChI=1S/C10H11NO6/c1-17-10(14)6-3-2-4-7(11(15)16)9(6)8(13)5-12/h2-4,8,12-13H,5H2,1H3/t8-/m1/s1. The van der Waals surface area contributed by atoms with E-state index >= 15 is 0 Å². The van der Waals surface area contributed by atoms with Crippen molar-refractivity contribution in [2.75, 3.05) is 13.7 Å². The molecule has 1 rings (SSSR count). The molecule has 0 aromatic heterocycles. The molecule has 0 aliphatic carbocycles. The number of ether oxygens (including phenoxy) is 1. The van der Waals surface area contributed by atoms with Gasteiger partial charge < -0.3 is 14.9 Å². The van der Waals surface area contributed by atoms with Crippen molar-refractivity contribution in [3.05, 3.63) is 39.4 Å². The summed E-state index contributed by atoms with van der Waals surface area (Å²) in [5, 5.41) is 29.1. The predicted molar refractivity (Wildman–Crippen MR) is 56.5 cm³/mol. The largest absolute Gasteiger partial charge is 0.465 e. The van der Waals surface area contributed by atoms with E-state index in [9.17, 15) is 20.0 Å². The van der Waals surface area contributed by atoms with Crippen LogP contribution in [0.3, 0.4) is 0 Å². The molecule has 1 aromatic carbocycles. The lowest BCUT2D eigenvalue weighted by Crippen LogP contribution is -2.14. The molecule has 1 aromatic rings. The van der Waals surface area contributed by atoms with Crippen LogP contribution in [0.5, 0.6) is 0 Å². The molecule has 92 valence electrons. The molecule has 0 radical (unpaired) electrons. The summed E-state index contributed by atoms with van der Waals surface area (Å²) in [5.41, 5.74) is -0.815. The Balaban J connectivity index is 3.44. The minimum atomic E-state index is -1.51. The Bertz CT molecular complexity index is 444. The van der Waals surface area contributed by atoms with Crippen LogP contribution in [0.4, 0.5) is 5.69 Å². The highest BCUT2D eigenvalue weighted by atomic mass is 16.6. The molecule has 0 spiro atoms. The SMILES string of the molecule is COC(=O)c1cccc([N+](=O)[O-])c1[C@H](O)CO. The van der Waals surface area contributed by atoms with Gasteiger partial charge in [-0.2, -0.15) is 0 Å². The number of methoxy groups -OCH3 is 1. The normalized spacial score (nSPS) is 11.9. The van der Waals surface area contributed by atoms with Crippen LogP contribution in [-0.4, -0.2) is 34.8 Å². The molecule has 0 heterocycles. The van der Waals surface area contributed by atoms with E-state index in [0.29, 0.717) is 0 Å². The second-order valence-electron chi connectivity index (χ2n) is 3.19. The van der Waals surface area contributed by atoms with Crippen LogP contribution in [0, 0.1) is 10.1 Å². The van der Waals surface area contributed by atoms with Crippen LogP contribution in [-0.2, 0) is 4.74 Å². The molecular weight excluding hydrogens is 230 g/mol. The molecule has 0 fully saturated rings. The van der Waals surface area contributed by atoms with Crippen molar-refractivity contribution < 1.29 is 24.7 Å². The number of carbonyl (C=O) groups excluding carboxylic acids is 1. The molecule has 0 aliphatic rings. The molecule has 0 saturated heterocycles. The maximum atomic E-state index is 11.4. The van der Waals surface area contributed by atoms with Crippen molar-refractivity contribution in [1.82, 2.24) is 0 Å². The smallest absolute Gasteiger partial charge is 0.338 e. The number of carbonyl (C=O) groups is 1. The first-order chi connectivity index (χ1) is 8.02. The third kappa shape index (κ3) is 2.58. The monoisotopic (exact) mass is 241 g/mol. The van der Waals surface area contributed by atoms with Crippen molar-refractivity contribution in [3.63, 3.8) is 0 Å². The number of benzene rings is 1. The van der Waals surface area contributed by atoms with Gasteiger partial charge in [-0.25, -0.2) is 4.79 Å². The number of nitro groups is 1. The third-order valence-corrected chi connectivity index (χ3v) is 2.19.